The molecule has 1 fully saturated rings. The Morgan fingerprint density at radius 3 is 3.21 bits per heavy atom. The molecule has 0 aliphatic carbocycles. The fourth-order valence-electron chi connectivity index (χ4n) is 2.23. The van der Waals surface area contributed by atoms with Gasteiger partial charge in [0.2, 0.25) is 0 Å². The molecule has 5 nitrogen and oxygen atoms in total. The van der Waals surface area contributed by atoms with Crippen molar-refractivity contribution in [2.45, 2.75) is 13.0 Å². The predicted octanol–water partition coefficient (Wildman–Crippen LogP) is 1.99. The summed E-state index contributed by atoms with van der Waals surface area (Å²) in [5.74, 6) is 0.837. The van der Waals surface area contributed by atoms with E-state index in [4.69, 9.17) is 4.74 Å². The van der Waals surface area contributed by atoms with Gasteiger partial charge in [0.1, 0.15) is 11.9 Å². The molecule has 2 aromatic rings. The Morgan fingerprint density at radius 2 is 2.53 bits per heavy atom. The number of hydrogen-bond donors (Lipinski definition) is 1. The second-order valence-corrected chi connectivity index (χ2v) is 5.33. The zero-order chi connectivity index (χ0) is 13.2. The molecule has 0 saturated carbocycles. The molecule has 1 aliphatic rings. The van der Waals surface area contributed by atoms with Crippen LogP contribution in [0.4, 0.5) is 0 Å². The molecule has 1 aliphatic heterocycles. The average Bonchev–Trinajstić information content (AvgIpc) is 3.09. The Hall–Kier alpha value is -1.66. The predicted molar refractivity (Wildman–Crippen MR) is 72.2 cm³/mol. The number of H-pyrrole nitrogens is 1. The summed E-state index contributed by atoms with van der Waals surface area (Å²) >= 11 is 1.53. The molecule has 19 heavy (non-hydrogen) atoms. The maximum Gasteiger partial charge on any atom is 0.255 e. The van der Waals surface area contributed by atoms with Gasteiger partial charge < -0.3 is 14.6 Å². The number of carbonyl (C=O) groups is 1. The molecular formula is C13H15N3O2S. The van der Waals surface area contributed by atoms with Crippen LogP contribution in [0.1, 0.15) is 27.9 Å². The highest BCUT2D eigenvalue weighted by atomic mass is 32.1. The lowest BCUT2D eigenvalue weighted by Crippen LogP contribution is -2.43. The minimum absolute atomic E-state index is 0.0450. The van der Waals surface area contributed by atoms with E-state index in [9.17, 15) is 4.79 Å². The number of ether oxygens (including phenoxy) is 1. The first-order valence-electron chi connectivity index (χ1n) is 6.18. The first kappa shape index (κ1) is 12.4. The van der Waals surface area contributed by atoms with Crippen LogP contribution >= 0.6 is 11.3 Å². The maximum atomic E-state index is 12.5. The van der Waals surface area contributed by atoms with Gasteiger partial charge in [-0.05, 0) is 18.4 Å². The summed E-state index contributed by atoms with van der Waals surface area (Å²) in [6.07, 6.45) is 1.77. The smallest absolute Gasteiger partial charge is 0.255 e. The highest BCUT2D eigenvalue weighted by molar-refractivity contribution is 7.08. The van der Waals surface area contributed by atoms with E-state index in [-0.39, 0.29) is 11.9 Å². The highest BCUT2D eigenvalue weighted by Gasteiger charge is 2.31. The molecule has 0 bridgehead atoms. The average molecular weight is 277 g/mol. The summed E-state index contributed by atoms with van der Waals surface area (Å²) in [4.78, 5) is 21.8. The van der Waals surface area contributed by atoms with Crippen molar-refractivity contribution in [3.63, 3.8) is 0 Å². The van der Waals surface area contributed by atoms with Crippen LogP contribution in [0.5, 0.6) is 0 Å². The first-order chi connectivity index (χ1) is 9.25. The Bertz CT molecular complexity index is 564. The van der Waals surface area contributed by atoms with E-state index >= 15 is 0 Å². The van der Waals surface area contributed by atoms with Crippen LogP contribution in [0.2, 0.25) is 0 Å². The van der Waals surface area contributed by atoms with Crippen molar-refractivity contribution in [2.24, 2.45) is 0 Å². The molecule has 3 rings (SSSR count). The van der Waals surface area contributed by atoms with Crippen LogP contribution in [0.15, 0.2) is 23.0 Å². The lowest BCUT2D eigenvalue weighted by atomic mass is 10.2. The quantitative estimate of drug-likeness (QED) is 0.913. The number of thiophene rings is 1. The van der Waals surface area contributed by atoms with Crippen molar-refractivity contribution in [1.82, 2.24) is 14.9 Å². The standard InChI is InChI=1S/C13H15N3O2S/c1-9-6-14-12(15-9)11-7-18-4-3-16(11)13(17)10-2-5-19-8-10/h2,5-6,8,11H,3-4,7H2,1H3,(H,14,15)/t11-/m0/s1. The zero-order valence-corrected chi connectivity index (χ0v) is 11.4. The van der Waals surface area contributed by atoms with E-state index in [2.05, 4.69) is 9.97 Å². The van der Waals surface area contributed by atoms with Crippen LogP contribution in [-0.2, 0) is 4.74 Å². The van der Waals surface area contributed by atoms with E-state index in [1.54, 1.807) is 6.20 Å². The second kappa shape index (κ2) is 5.14. The molecule has 0 unspecified atom stereocenters. The van der Waals surface area contributed by atoms with Crippen LogP contribution in [0.3, 0.4) is 0 Å². The monoisotopic (exact) mass is 277 g/mol. The largest absolute Gasteiger partial charge is 0.377 e. The molecule has 0 radical (unpaired) electrons. The SMILES string of the molecule is Cc1cnc([C@@H]2COCCN2C(=O)c2ccsc2)[nH]1. The van der Waals surface area contributed by atoms with E-state index in [0.29, 0.717) is 19.8 Å². The van der Waals surface area contributed by atoms with Crippen LogP contribution in [0, 0.1) is 6.92 Å². The fraction of sp³-hybridized carbons (Fsp3) is 0.385. The second-order valence-electron chi connectivity index (χ2n) is 4.55. The van der Waals surface area contributed by atoms with Gasteiger partial charge in [-0.1, -0.05) is 0 Å². The number of aryl methyl sites for hydroxylation is 1. The number of aromatic nitrogens is 2. The van der Waals surface area contributed by atoms with Crippen molar-refractivity contribution >= 4 is 17.2 Å². The van der Waals surface area contributed by atoms with Crippen LogP contribution < -0.4 is 0 Å². The first-order valence-corrected chi connectivity index (χ1v) is 7.12. The number of rotatable bonds is 2. The lowest BCUT2D eigenvalue weighted by Gasteiger charge is -2.34. The van der Waals surface area contributed by atoms with Crippen molar-refractivity contribution in [1.29, 1.82) is 0 Å². The minimum atomic E-state index is -0.130. The molecule has 1 N–H and O–H groups in total. The van der Waals surface area contributed by atoms with Gasteiger partial charge in [-0.25, -0.2) is 4.98 Å². The summed E-state index contributed by atoms with van der Waals surface area (Å²) in [7, 11) is 0. The fourth-order valence-corrected chi connectivity index (χ4v) is 2.86. The third kappa shape index (κ3) is 2.41. The summed E-state index contributed by atoms with van der Waals surface area (Å²) < 4.78 is 5.49. The number of morpholine rings is 1. The third-order valence-electron chi connectivity index (χ3n) is 3.20. The van der Waals surface area contributed by atoms with Crippen molar-refractivity contribution in [3.05, 3.63) is 40.1 Å². The third-order valence-corrected chi connectivity index (χ3v) is 3.88. The molecule has 6 heteroatoms. The molecule has 3 heterocycles. The Kier molecular flexibility index (Phi) is 3.35. The molecule has 1 amide bonds. The molecule has 100 valence electrons. The molecule has 1 atom stereocenters. The highest BCUT2D eigenvalue weighted by Crippen LogP contribution is 2.24. The van der Waals surface area contributed by atoms with Crippen LogP contribution in [0.25, 0.3) is 0 Å². The summed E-state index contributed by atoms with van der Waals surface area (Å²) in [5.41, 5.74) is 1.73. The number of aromatic amines is 1. The molecule has 0 spiro atoms. The number of imidazole rings is 1. The number of carbonyl (C=O) groups excluding carboxylic acids is 1. The van der Waals surface area contributed by atoms with Gasteiger partial charge in [-0.3, -0.25) is 4.79 Å². The number of nitrogens with zero attached hydrogens (tertiary/aromatic N) is 2. The van der Waals surface area contributed by atoms with Gasteiger partial charge in [0.25, 0.3) is 5.91 Å². The van der Waals surface area contributed by atoms with E-state index in [0.717, 1.165) is 17.1 Å². The van der Waals surface area contributed by atoms with E-state index in [1.165, 1.54) is 11.3 Å². The molecule has 0 aromatic carbocycles. The van der Waals surface area contributed by atoms with Gasteiger partial charge >= 0.3 is 0 Å². The lowest BCUT2D eigenvalue weighted by molar-refractivity contribution is -0.00498. The summed E-state index contributed by atoms with van der Waals surface area (Å²) in [6, 6.07) is 1.72. The van der Waals surface area contributed by atoms with Crippen LogP contribution in [-0.4, -0.2) is 40.5 Å². The van der Waals surface area contributed by atoms with Gasteiger partial charge in [0, 0.05) is 23.8 Å². The van der Waals surface area contributed by atoms with Gasteiger partial charge in [0.15, 0.2) is 0 Å². The number of hydrogen-bond acceptors (Lipinski definition) is 4. The number of nitrogens with one attached hydrogen (secondary N) is 1. The molecule has 1 saturated heterocycles. The van der Waals surface area contributed by atoms with Crippen molar-refractivity contribution < 1.29 is 9.53 Å². The van der Waals surface area contributed by atoms with Crippen molar-refractivity contribution in [3.8, 4) is 0 Å². The van der Waals surface area contributed by atoms with E-state index < -0.39 is 0 Å². The molecular weight excluding hydrogens is 262 g/mol. The Labute approximate surface area is 115 Å². The minimum Gasteiger partial charge on any atom is -0.377 e. The van der Waals surface area contributed by atoms with Gasteiger partial charge in [-0.15, -0.1) is 0 Å². The van der Waals surface area contributed by atoms with E-state index in [1.807, 2.05) is 28.7 Å². The summed E-state index contributed by atoms with van der Waals surface area (Å²) in [5, 5.41) is 3.79. The number of amides is 1. The Balaban J connectivity index is 1.87. The zero-order valence-electron chi connectivity index (χ0n) is 10.6. The normalized spacial score (nSPS) is 19.6. The maximum absolute atomic E-state index is 12.5. The van der Waals surface area contributed by atoms with Crippen molar-refractivity contribution in [2.75, 3.05) is 19.8 Å². The Morgan fingerprint density at radius 1 is 1.63 bits per heavy atom. The summed E-state index contributed by atoms with van der Waals surface area (Å²) in [6.45, 7) is 3.61. The topological polar surface area (TPSA) is 58.2 Å². The molecule has 2 aromatic heterocycles. The van der Waals surface area contributed by atoms with Gasteiger partial charge in [0.05, 0.1) is 18.8 Å². The van der Waals surface area contributed by atoms with Gasteiger partial charge in [-0.2, -0.15) is 11.3 Å².